The average molecular weight is 393 g/mol. The number of ether oxygens (including phenoxy) is 2. The zero-order valence-electron chi connectivity index (χ0n) is 14.3. The van der Waals surface area contributed by atoms with E-state index < -0.39 is 0 Å². The summed E-state index contributed by atoms with van der Waals surface area (Å²) in [4.78, 5) is 3.37. The second-order valence-corrected chi connectivity index (χ2v) is 6.37. The molecule has 0 aliphatic rings. The lowest BCUT2D eigenvalue weighted by Gasteiger charge is -2.13. The molecular formula is C17H26Cl2N2O2S. The highest BCUT2D eigenvalue weighted by Gasteiger charge is 2.06. The average Bonchev–Trinajstić information content (AvgIpc) is 3.03. The van der Waals surface area contributed by atoms with Crippen molar-refractivity contribution in [3.63, 3.8) is 0 Å². The van der Waals surface area contributed by atoms with Crippen LogP contribution in [0.4, 0.5) is 0 Å². The summed E-state index contributed by atoms with van der Waals surface area (Å²) in [6, 6.07) is 10.2. The number of hydrogen-bond donors (Lipinski definition) is 1. The van der Waals surface area contributed by atoms with Crippen molar-refractivity contribution in [1.29, 1.82) is 0 Å². The molecule has 0 aliphatic carbocycles. The first-order chi connectivity index (χ1) is 10.7. The molecule has 0 spiro atoms. The highest BCUT2D eigenvalue weighted by Crippen LogP contribution is 2.29. The molecule has 0 atom stereocenters. The number of hydrogen-bond acceptors (Lipinski definition) is 5. The van der Waals surface area contributed by atoms with Crippen molar-refractivity contribution in [2.24, 2.45) is 0 Å². The van der Waals surface area contributed by atoms with E-state index >= 15 is 0 Å². The lowest BCUT2D eigenvalue weighted by Crippen LogP contribution is -2.26. The molecule has 0 bridgehead atoms. The summed E-state index contributed by atoms with van der Waals surface area (Å²) in [6.45, 7) is 3.40. The van der Waals surface area contributed by atoms with Crippen LogP contribution in [0.3, 0.4) is 0 Å². The molecule has 2 rings (SSSR count). The van der Waals surface area contributed by atoms with E-state index in [9.17, 15) is 0 Å². The molecule has 2 aromatic rings. The smallest absolute Gasteiger partial charge is 0.161 e. The van der Waals surface area contributed by atoms with Crippen LogP contribution in [0, 0.1) is 0 Å². The predicted octanol–water partition coefficient (Wildman–Crippen LogP) is 3.83. The molecule has 1 aromatic carbocycles. The second kappa shape index (κ2) is 12.4. The zero-order chi connectivity index (χ0) is 15.8. The van der Waals surface area contributed by atoms with Gasteiger partial charge in [-0.3, -0.25) is 0 Å². The van der Waals surface area contributed by atoms with Gasteiger partial charge in [0.1, 0.15) is 6.61 Å². The Labute approximate surface area is 161 Å². The summed E-state index contributed by atoms with van der Waals surface area (Å²) < 4.78 is 11.3. The van der Waals surface area contributed by atoms with Gasteiger partial charge >= 0.3 is 0 Å². The molecular weight excluding hydrogens is 367 g/mol. The number of thiophene rings is 1. The van der Waals surface area contributed by atoms with Gasteiger partial charge in [-0.15, -0.1) is 36.2 Å². The third-order valence-corrected chi connectivity index (χ3v) is 4.09. The molecule has 1 N–H and O–H groups in total. The van der Waals surface area contributed by atoms with Crippen LogP contribution in [0.15, 0.2) is 35.7 Å². The van der Waals surface area contributed by atoms with Crippen LogP contribution in [-0.4, -0.2) is 39.2 Å². The molecule has 0 saturated heterocycles. The summed E-state index contributed by atoms with van der Waals surface area (Å²) in [5, 5.41) is 5.48. The van der Waals surface area contributed by atoms with Gasteiger partial charge in [-0.2, -0.15) is 0 Å². The minimum absolute atomic E-state index is 0. The molecule has 136 valence electrons. The van der Waals surface area contributed by atoms with E-state index in [0.717, 1.165) is 31.1 Å². The van der Waals surface area contributed by atoms with Crippen molar-refractivity contribution in [2.45, 2.75) is 13.2 Å². The Morgan fingerprint density at radius 3 is 2.54 bits per heavy atom. The van der Waals surface area contributed by atoms with E-state index in [0.29, 0.717) is 6.61 Å². The fourth-order valence-corrected chi connectivity index (χ4v) is 2.64. The third-order valence-electron chi connectivity index (χ3n) is 3.24. The lowest BCUT2D eigenvalue weighted by molar-refractivity contribution is 0.287. The first-order valence-corrected chi connectivity index (χ1v) is 8.24. The van der Waals surface area contributed by atoms with Crippen LogP contribution in [0.1, 0.15) is 10.4 Å². The molecule has 0 saturated carbocycles. The predicted molar refractivity (Wildman–Crippen MR) is 106 cm³/mol. The number of nitrogens with one attached hydrogen (secondary N) is 1. The molecule has 0 unspecified atom stereocenters. The molecule has 0 aliphatic heterocycles. The first kappa shape index (κ1) is 23.0. The van der Waals surface area contributed by atoms with Crippen LogP contribution >= 0.6 is 36.2 Å². The zero-order valence-corrected chi connectivity index (χ0v) is 16.7. The number of halogens is 2. The monoisotopic (exact) mass is 392 g/mol. The Bertz CT molecular complexity index is 566. The maximum atomic E-state index is 5.84. The second-order valence-electron chi connectivity index (χ2n) is 5.33. The Morgan fingerprint density at radius 2 is 1.92 bits per heavy atom. The van der Waals surface area contributed by atoms with Gasteiger partial charge in [-0.25, -0.2) is 0 Å². The number of rotatable bonds is 9. The van der Waals surface area contributed by atoms with Crippen molar-refractivity contribution < 1.29 is 9.47 Å². The van der Waals surface area contributed by atoms with Crippen molar-refractivity contribution in [1.82, 2.24) is 10.2 Å². The number of likely N-dealkylation sites (N-methyl/N-ethyl adjacent to an activating group) is 1. The summed E-state index contributed by atoms with van der Waals surface area (Å²) in [7, 11) is 5.82. The van der Waals surface area contributed by atoms with Gasteiger partial charge in [0.05, 0.1) is 7.11 Å². The number of nitrogens with zero attached hydrogens (tertiary/aromatic N) is 1. The largest absolute Gasteiger partial charge is 0.493 e. The molecule has 0 amide bonds. The third kappa shape index (κ3) is 7.73. The standard InChI is InChI=1S/C17H24N2O2S.2ClH/c1-19(2)9-8-18-12-14-6-7-16(17(11-14)20-3)21-13-15-5-4-10-22-15;;/h4-7,10-11,18H,8-9,12-13H2,1-3H3;2*1H. The van der Waals surface area contributed by atoms with Crippen LogP contribution < -0.4 is 14.8 Å². The molecule has 1 aromatic heterocycles. The summed E-state index contributed by atoms with van der Waals surface area (Å²) in [6.07, 6.45) is 0. The van der Waals surface area contributed by atoms with Gasteiger partial charge in [-0.1, -0.05) is 12.1 Å². The molecule has 7 heteroatoms. The van der Waals surface area contributed by atoms with Gasteiger partial charge in [0.25, 0.3) is 0 Å². The SMILES string of the molecule is COc1cc(CNCCN(C)C)ccc1OCc1cccs1.Cl.Cl. The van der Waals surface area contributed by atoms with E-state index in [1.165, 1.54) is 10.4 Å². The Balaban J connectivity index is 0.00000264. The molecule has 24 heavy (non-hydrogen) atoms. The molecule has 0 radical (unpaired) electrons. The summed E-state index contributed by atoms with van der Waals surface area (Å²) in [5.74, 6) is 1.57. The quantitative estimate of drug-likeness (QED) is 0.657. The Hall–Kier alpha value is -0.980. The Morgan fingerprint density at radius 1 is 1.12 bits per heavy atom. The first-order valence-electron chi connectivity index (χ1n) is 7.36. The fourth-order valence-electron chi connectivity index (χ4n) is 2.02. The van der Waals surface area contributed by atoms with Crippen LogP contribution in [0.5, 0.6) is 11.5 Å². The van der Waals surface area contributed by atoms with E-state index in [-0.39, 0.29) is 24.8 Å². The van der Waals surface area contributed by atoms with Crippen molar-refractivity contribution in [3.8, 4) is 11.5 Å². The van der Waals surface area contributed by atoms with E-state index in [2.05, 4.69) is 41.8 Å². The van der Waals surface area contributed by atoms with Gasteiger partial charge in [-0.05, 0) is 43.2 Å². The van der Waals surface area contributed by atoms with E-state index in [1.807, 2.05) is 18.2 Å². The highest BCUT2D eigenvalue weighted by atomic mass is 35.5. The highest BCUT2D eigenvalue weighted by molar-refractivity contribution is 7.09. The maximum absolute atomic E-state index is 5.84. The van der Waals surface area contributed by atoms with E-state index in [4.69, 9.17) is 9.47 Å². The van der Waals surface area contributed by atoms with Crippen molar-refractivity contribution >= 4 is 36.2 Å². The number of benzene rings is 1. The number of methoxy groups -OCH3 is 1. The van der Waals surface area contributed by atoms with Gasteiger partial charge < -0.3 is 19.7 Å². The topological polar surface area (TPSA) is 33.7 Å². The maximum Gasteiger partial charge on any atom is 0.161 e. The van der Waals surface area contributed by atoms with Gasteiger partial charge in [0, 0.05) is 24.5 Å². The summed E-state index contributed by atoms with van der Waals surface area (Å²) >= 11 is 1.69. The normalized spacial score (nSPS) is 10.0. The Kier molecular flexibility index (Phi) is 11.9. The van der Waals surface area contributed by atoms with E-state index in [1.54, 1.807) is 18.4 Å². The molecule has 4 nitrogen and oxygen atoms in total. The lowest BCUT2D eigenvalue weighted by atomic mass is 10.2. The van der Waals surface area contributed by atoms with Crippen LogP contribution in [0.25, 0.3) is 0 Å². The van der Waals surface area contributed by atoms with Crippen LogP contribution in [-0.2, 0) is 13.2 Å². The summed E-state index contributed by atoms with van der Waals surface area (Å²) in [5.41, 5.74) is 1.19. The van der Waals surface area contributed by atoms with Crippen molar-refractivity contribution in [3.05, 3.63) is 46.2 Å². The van der Waals surface area contributed by atoms with Crippen molar-refractivity contribution in [2.75, 3.05) is 34.3 Å². The minimum atomic E-state index is 0. The van der Waals surface area contributed by atoms with Crippen LogP contribution in [0.2, 0.25) is 0 Å². The molecule has 1 heterocycles. The van der Waals surface area contributed by atoms with Gasteiger partial charge in [0.2, 0.25) is 0 Å². The molecule has 0 fully saturated rings. The van der Waals surface area contributed by atoms with Gasteiger partial charge in [0.15, 0.2) is 11.5 Å². The minimum Gasteiger partial charge on any atom is -0.493 e. The fraction of sp³-hybridized carbons (Fsp3) is 0.412.